The van der Waals surface area contributed by atoms with Crippen molar-refractivity contribution in [3.63, 3.8) is 0 Å². The molecule has 2 rings (SSSR count). The Balaban J connectivity index is 2.05. The highest BCUT2D eigenvalue weighted by Gasteiger charge is 2.28. The molecule has 19 heavy (non-hydrogen) atoms. The molecule has 1 fully saturated rings. The molecule has 1 aromatic rings. The summed E-state index contributed by atoms with van der Waals surface area (Å²) in [5.74, 6) is -0.298. The first kappa shape index (κ1) is 13.8. The molecular formula is C14H19N3OS. The van der Waals surface area contributed by atoms with Crippen LogP contribution in [0.25, 0.3) is 0 Å². The highest BCUT2D eigenvalue weighted by atomic mass is 32.1. The number of carbonyl (C=O) groups is 1. The summed E-state index contributed by atoms with van der Waals surface area (Å²) in [5, 5.41) is 3.75. The summed E-state index contributed by atoms with van der Waals surface area (Å²) >= 11 is 5.39. The molecule has 4 nitrogen and oxygen atoms in total. The Morgan fingerprint density at radius 3 is 2.68 bits per heavy atom. The SMILES string of the molecule is Cc1ccc(NC(=S)N2CCCC[C@H]2C(N)=O)cc1. The number of thiocarbonyl (C=S) groups is 1. The molecule has 1 heterocycles. The van der Waals surface area contributed by atoms with Gasteiger partial charge in [0, 0.05) is 12.2 Å². The van der Waals surface area contributed by atoms with E-state index in [1.54, 1.807) is 0 Å². The number of benzene rings is 1. The van der Waals surface area contributed by atoms with Gasteiger partial charge in [-0.15, -0.1) is 0 Å². The van der Waals surface area contributed by atoms with Gasteiger partial charge in [0.05, 0.1) is 0 Å². The van der Waals surface area contributed by atoms with Crippen molar-refractivity contribution < 1.29 is 4.79 Å². The van der Waals surface area contributed by atoms with Crippen LogP contribution >= 0.6 is 12.2 Å². The highest BCUT2D eigenvalue weighted by Crippen LogP contribution is 2.18. The third kappa shape index (κ3) is 3.44. The third-order valence-electron chi connectivity index (χ3n) is 3.39. The van der Waals surface area contributed by atoms with Crippen LogP contribution in [0.3, 0.4) is 0 Å². The first-order chi connectivity index (χ1) is 9.08. The molecule has 0 saturated carbocycles. The van der Waals surface area contributed by atoms with Gasteiger partial charge in [-0.05, 0) is 50.5 Å². The van der Waals surface area contributed by atoms with Gasteiger partial charge >= 0.3 is 0 Å². The molecule has 0 unspecified atom stereocenters. The van der Waals surface area contributed by atoms with Crippen molar-refractivity contribution >= 4 is 28.9 Å². The van der Waals surface area contributed by atoms with Crippen LogP contribution in [0.2, 0.25) is 0 Å². The normalized spacial score (nSPS) is 19.0. The van der Waals surface area contributed by atoms with Gasteiger partial charge < -0.3 is 16.0 Å². The van der Waals surface area contributed by atoms with E-state index < -0.39 is 0 Å². The van der Waals surface area contributed by atoms with E-state index in [0.29, 0.717) is 5.11 Å². The van der Waals surface area contributed by atoms with Crippen LogP contribution < -0.4 is 11.1 Å². The molecular weight excluding hydrogens is 258 g/mol. The Morgan fingerprint density at radius 1 is 1.37 bits per heavy atom. The minimum absolute atomic E-state index is 0.279. The van der Waals surface area contributed by atoms with E-state index in [1.807, 2.05) is 36.1 Å². The van der Waals surface area contributed by atoms with Gasteiger partial charge in [-0.1, -0.05) is 17.7 Å². The fraction of sp³-hybridized carbons (Fsp3) is 0.429. The molecule has 1 aliphatic heterocycles. The highest BCUT2D eigenvalue weighted by molar-refractivity contribution is 7.80. The minimum atomic E-state index is -0.298. The number of piperidine rings is 1. The predicted octanol–water partition coefficient (Wildman–Crippen LogP) is 2.03. The lowest BCUT2D eigenvalue weighted by atomic mass is 10.0. The van der Waals surface area contributed by atoms with E-state index in [1.165, 1.54) is 5.56 Å². The minimum Gasteiger partial charge on any atom is -0.368 e. The number of likely N-dealkylation sites (tertiary alicyclic amines) is 1. The van der Waals surface area contributed by atoms with Gasteiger partial charge in [-0.25, -0.2) is 0 Å². The Morgan fingerprint density at radius 2 is 2.05 bits per heavy atom. The first-order valence-electron chi connectivity index (χ1n) is 6.51. The van der Waals surface area contributed by atoms with Crippen LogP contribution in [-0.2, 0) is 4.79 Å². The second kappa shape index (κ2) is 6.02. The number of primary amides is 1. The molecule has 0 aliphatic carbocycles. The molecule has 3 N–H and O–H groups in total. The number of nitrogens with one attached hydrogen (secondary N) is 1. The van der Waals surface area contributed by atoms with Gasteiger partial charge in [0.2, 0.25) is 5.91 Å². The van der Waals surface area contributed by atoms with Crippen LogP contribution in [0.5, 0.6) is 0 Å². The second-order valence-electron chi connectivity index (χ2n) is 4.90. The largest absolute Gasteiger partial charge is 0.368 e. The van der Waals surface area contributed by atoms with Crippen molar-refractivity contribution in [2.24, 2.45) is 5.73 Å². The fourth-order valence-electron chi connectivity index (χ4n) is 2.30. The molecule has 0 aromatic heterocycles. The van der Waals surface area contributed by atoms with Crippen LogP contribution in [0.1, 0.15) is 24.8 Å². The summed E-state index contributed by atoms with van der Waals surface area (Å²) < 4.78 is 0. The van der Waals surface area contributed by atoms with Crippen LogP contribution in [0.15, 0.2) is 24.3 Å². The fourth-order valence-corrected chi connectivity index (χ4v) is 2.64. The topological polar surface area (TPSA) is 58.4 Å². The molecule has 0 bridgehead atoms. The van der Waals surface area contributed by atoms with E-state index in [-0.39, 0.29) is 11.9 Å². The Kier molecular flexibility index (Phi) is 4.37. The molecule has 1 atom stereocenters. The number of hydrogen-bond acceptors (Lipinski definition) is 2. The van der Waals surface area contributed by atoms with Gasteiger partial charge in [-0.2, -0.15) is 0 Å². The van der Waals surface area contributed by atoms with Crippen molar-refractivity contribution in [3.8, 4) is 0 Å². The number of nitrogens with zero attached hydrogens (tertiary/aromatic N) is 1. The third-order valence-corrected chi connectivity index (χ3v) is 3.73. The maximum absolute atomic E-state index is 11.5. The van der Waals surface area contributed by atoms with Crippen LogP contribution in [-0.4, -0.2) is 28.5 Å². The number of nitrogens with two attached hydrogens (primary N) is 1. The molecule has 1 aromatic carbocycles. The summed E-state index contributed by atoms with van der Waals surface area (Å²) in [6, 6.07) is 7.72. The van der Waals surface area contributed by atoms with Gasteiger partial charge in [-0.3, -0.25) is 4.79 Å². The van der Waals surface area contributed by atoms with E-state index in [0.717, 1.165) is 31.5 Å². The quantitative estimate of drug-likeness (QED) is 0.812. The summed E-state index contributed by atoms with van der Waals surface area (Å²) in [6.07, 6.45) is 2.85. The summed E-state index contributed by atoms with van der Waals surface area (Å²) in [5.41, 5.74) is 7.57. The van der Waals surface area contributed by atoms with Crippen molar-refractivity contribution in [2.75, 3.05) is 11.9 Å². The Hall–Kier alpha value is -1.62. The average Bonchev–Trinajstić information content (AvgIpc) is 2.41. The van der Waals surface area contributed by atoms with E-state index in [2.05, 4.69) is 5.32 Å². The first-order valence-corrected chi connectivity index (χ1v) is 6.92. The number of amides is 1. The smallest absolute Gasteiger partial charge is 0.240 e. The lowest BCUT2D eigenvalue weighted by molar-refractivity contribution is -0.122. The van der Waals surface area contributed by atoms with Gasteiger partial charge in [0.1, 0.15) is 6.04 Å². The van der Waals surface area contributed by atoms with Crippen LogP contribution in [0, 0.1) is 6.92 Å². The number of rotatable bonds is 2. The van der Waals surface area contributed by atoms with E-state index in [4.69, 9.17) is 18.0 Å². The maximum Gasteiger partial charge on any atom is 0.240 e. The standard InChI is InChI=1S/C14H19N3OS/c1-10-5-7-11(8-6-10)16-14(19)17-9-3-2-4-12(17)13(15)18/h5-8,12H,2-4,9H2,1H3,(H2,15,18)(H,16,19)/t12-/m0/s1. The molecule has 0 spiro atoms. The van der Waals surface area contributed by atoms with Crippen molar-refractivity contribution in [1.82, 2.24) is 4.90 Å². The lowest BCUT2D eigenvalue weighted by Gasteiger charge is -2.35. The monoisotopic (exact) mass is 277 g/mol. The zero-order valence-corrected chi connectivity index (χ0v) is 11.9. The molecule has 5 heteroatoms. The van der Waals surface area contributed by atoms with E-state index >= 15 is 0 Å². The Bertz CT molecular complexity index is 472. The maximum atomic E-state index is 11.5. The van der Waals surface area contributed by atoms with Gasteiger partial charge in [0.25, 0.3) is 0 Å². The average molecular weight is 277 g/mol. The van der Waals surface area contributed by atoms with E-state index in [9.17, 15) is 4.79 Å². The Labute approximate surface area is 119 Å². The zero-order valence-electron chi connectivity index (χ0n) is 11.1. The number of hydrogen-bond donors (Lipinski definition) is 2. The molecule has 1 saturated heterocycles. The second-order valence-corrected chi connectivity index (χ2v) is 5.29. The van der Waals surface area contributed by atoms with Crippen LogP contribution in [0.4, 0.5) is 5.69 Å². The lowest BCUT2D eigenvalue weighted by Crippen LogP contribution is -2.51. The number of aryl methyl sites for hydroxylation is 1. The molecule has 1 aliphatic rings. The predicted molar refractivity (Wildman–Crippen MR) is 80.9 cm³/mol. The van der Waals surface area contributed by atoms with Gasteiger partial charge in [0.15, 0.2) is 5.11 Å². The van der Waals surface area contributed by atoms with Crippen molar-refractivity contribution in [1.29, 1.82) is 0 Å². The molecule has 0 radical (unpaired) electrons. The number of anilines is 1. The molecule has 102 valence electrons. The molecule has 1 amide bonds. The number of carbonyl (C=O) groups excluding carboxylic acids is 1. The summed E-state index contributed by atoms with van der Waals surface area (Å²) in [7, 11) is 0. The zero-order chi connectivity index (χ0) is 13.8. The summed E-state index contributed by atoms with van der Waals surface area (Å²) in [4.78, 5) is 13.4. The summed E-state index contributed by atoms with van der Waals surface area (Å²) in [6.45, 7) is 2.82. The van der Waals surface area contributed by atoms with Crippen molar-refractivity contribution in [2.45, 2.75) is 32.2 Å². The van der Waals surface area contributed by atoms with Crippen molar-refractivity contribution in [3.05, 3.63) is 29.8 Å².